The topological polar surface area (TPSA) is 12.0 Å². The SMILES string of the molecule is CCCC1CCC(NCCC2=CCCCC2)CC1. The molecule has 0 aromatic rings. The Morgan fingerprint density at radius 1 is 1.17 bits per heavy atom. The van der Waals surface area contributed by atoms with Crippen LogP contribution in [0.25, 0.3) is 0 Å². The Morgan fingerprint density at radius 3 is 2.67 bits per heavy atom. The molecule has 1 heteroatoms. The minimum Gasteiger partial charge on any atom is -0.314 e. The van der Waals surface area contributed by atoms with Crippen LogP contribution in [-0.2, 0) is 0 Å². The Balaban J connectivity index is 1.56. The van der Waals surface area contributed by atoms with Crippen molar-refractivity contribution in [3.63, 3.8) is 0 Å². The van der Waals surface area contributed by atoms with Crippen LogP contribution >= 0.6 is 0 Å². The molecule has 0 atom stereocenters. The number of rotatable bonds is 6. The molecule has 1 saturated carbocycles. The van der Waals surface area contributed by atoms with E-state index in [1.165, 1.54) is 77.2 Å². The summed E-state index contributed by atoms with van der Waals surface area (Å²) in [6.07, 6.45) is 17.9. The van der Waals surface area contributed by atoms with Gasteiger partial charge in [0.1, 0.15) is 0 Å². The van der Waals surface area contributed by atoms with Gasteiger partial charge >= 0.3 is 0 Å². The van der Waals surface area contributed by atoms with E-state index in [0.717, 1.165) is 12.0 Å². The van der Waals surface area contributed by atoms with Gasteiger partial charge in [-0.15, -0.1) is 0 Å². The van der Waals surface area contributed by atoms with Crippen LogP contribution in [0, 0.1) is 5.92 Å². The molecule has 2 aliphatic rings. The lowest BCUT2D eigenvalue weighted by molar-refractivity contribution is 0.279. The predicted octanol–water partition coefficient (Wildman–Crippen LogP) is 4.83. The van der Waals surface area contributed by atoms with Crippen LogP contribution in [-0.4, -0.2) is 12.6 Å². The van der Waals surface area contributed by atoms with Crippen molar-refractivity contribution in [3.05, 3.63) is 11.6 Å². The largest absolute Gasteiger partial charge is 0.314 e. The Hall–Kier alpha value is -0.300. The number of hydrogen-bond donors (Lipinski definition) is 1. The Kier molecular flexibility index (Phi) is 6.26. The van der Waals surface area contributed by atoms with Crippen LogP contribution in [0.4, 0.5) is 0 Å². The van der Waals surface area contributed by atoms with Crippen molar-refractivity contribution < 1.29 is 0 Å². The summed E-state index contributed by atoms with van der Waals surface area (Å²) in [6, 6.07) is 0.822. The average molecular weight is 249 g/mol. The molecule has 0 unspecified atom stereocenters. The maximum atomic E-state index is 3.79. The van der Waals surface area contributed by atoms with E-state index in [1.807, 2.05) is 0 Å². The zero-order valence-corrected chi connectivity index (χ0v) is 12.2. The molecule has 104 valence electrons. The lowest BCUT2D eigenvalue weighted by Gasteiger charge is -2.29. The number of nitrogens with one attached hydrogen (secondary N) is 1. The van der Waals surface area contributed by atoms with Gasteiger partial charge in [-0.1, -0.05) is 31.4 Å². The Bertz CT molecular complexity index is 248. The third kappa shape index (κ3) is 4.76. The standard InChI is InChI=1S/C17H31N/c1-2-6-15-9-11-17(12-10-15)18-14-13-16-7-4-3-5-8-16/h7,15,17-18H,2-6,8-14H2,1H3. The van der Waals surface area contributed by atoms with Gasteiger partial charge in [0.05, 0.1) is 0 Å². The fraction of sp³-hybridized carbons (Fsp3) is 0.882. The summed E-state index contributed by atoms with van der Waals surface area (Å²) in [5.74, 6) is 1.04. The van der Waals surface area contributed by atoms with E-state index >= 15 is 0 Å². The summed E-state index contributed by atoms with van der Waals surface area (Å²) in [5.41, 5.74) is 1.72. The van der Waals surface area contributed by atoms with Gasteiger partial charge in [-0.25, -0.2) is 0 Å². The second kappa shape index (κ2) is 7.99. The molecule has 0 spiro atoms. The molecule has 0 saturated heterocycles. The van der Waals surface area contributed by atoms with Gasteiger partial charge in [-0.05, 0) is 70.3 Å². The molecular weight excluding hydrogens is 218 g/mol. The van der Waals surface area contributed by atoms with Crippen LogP contribution < -0.4 is 5.32 Å². The summed E-state index contributed by atoms with van der Waals surface area (Å²) in [7, 11) is 0. The highest BCUT2D eigenvalue weighted by Crippen LogP contribution is 2.28. The van der Waals surface area contributed by atoms with Crippen LogP contribution in [0.1, 0.15) is 77.6 Å². The van der Waals surface area contributed by atoms with Crippen molar-refractivity contribution in [2.45, 2.75) is 83.6 Å². The molecule has 0 heterocycles. The second-order valence-electron chi connectivity index (χ2n) is 6.32. The first-order chi connectivity index (χ1) is 8.88. The predicted molar refractivity (Wildman–Crippen MR) is 79.8 cm³/mol. The molecule has 0 bridgehead atoms. The maximum absolute atomic E-state index is 3.79. The fourth-order valence-corrected chi connectivity index (χ4v) is 3.63. The molecule has 0 amide bonds. The lowest BCUT2D eigenvalue weighted by Crippen LogP contribution is -2.34. The van der Waals surface area contributed by atoms with Crippen LogP contribution in [0.3, 0.4) is 0 Å². The summed E-state index contributed by atoms with van der Waals surface area (Å²) in [6.45, 7) is 3.54. The first-order valence-corrected chi connectivity index (χ1v) is 8.29. The summed E-state index contributed by atoms with van der Waals surface area (Å²) < 4.78 is 0. The first kappa shape index (κ1) is 14.1. The van der Waals surface area contributed by atoms with E-state index in [9.17, 15) is 0 Å². The van der Waals surface area contributed by atoms with Crippen LogP contribution in [0.15, 0.2) is 11.6 Å². The first-order valence-electron chi connectivity index (χ1n) is 8.29. The van der Waals surface area contributed by atoms with Gasteiger partial charge in [0.25, 0.3) is 0 Å². The normalized spacial score (nSPS) is 29.1. The Morgan fingerprint density at radius 2 is 2.00 bits per heavy atom. The van der Waals surface area contributed by atoms with E-state index < -0.39 is 0 Å². The van der Waals surface area contributed by atoms with E-state index in [2.05, 4.69) is 18.3 Å². The van der Waals surface area contributed by atoms with E-state index in [1.54, 1.807) is 5.57 Å². The van der Waals surface area contributed by atoms with Crippen molar-refractivity contribution in [1.29, 1.82) is 0 Å². The van der Waals surface area contributed by atoms with E-state index in [-0.39, 0.29) is 0 Å². The molecule has 2 rings (SSSR count). The minimum absolute atomic E-state index is 0.822. The molecule has 1 nitrogen and oxygen atoms in total. The third-order valence-corrected chi connectivity index (χ3v) is 4.81. The third-order valence-electron chi connectivity index (χ3n) is 4.81. The molecule has 0 aromatic carbocycles. The van der Waals surface area contributed by atoms with Crippen LogP contribution in [0.5, 0.6) is 0 Å². The minimum atomic E-state index is 0.822. The zero-order chi connectivity index (χ0) is 12.6. The van der Waals surface area contributed by atoms with Gasteiger partial charge in [-0.3, -0.25) is 0 Å². The second-order valence-corrected chi connectivity index (χ2v) is 6.32. The molecule has 0 aromatic heterocycles. The quantitative estimate of drug-likeness (QED) is 0.665. The van der Waals surface area contributed by atoms with E-state index in [0.29, 0.717) is 0 Å². The summed E-state index contributed by atoms with van der Waals surface area (Å²) in [4.78, 5) is 0. The molecule has 1 N–H and O–H groups in total. The monoisotopic (exact) mass is 249 g/mol. The summed E-state index contributed by atoms with van der Waals surface area (Å²) >= 11 is 0. The van der Waals surface area contributed by atoms with Gasteiger partial charge in [0.15, 0.2) is 0 Å². The lowest BCUT2D eigenvalue weighted by atomic mass is 9.83. The van der Waals surface area contributed by atoms with Crippen molar-refractivity contribution in [3.8, 4) is 0 Å². The van der Waals surface area contributed by atoms with E-state index in [4.69, 9.17) is 0 Å². The molecular formula is C17H31N. The number of allylic oxidation sites excluding steroid dienone is 1. The molecule has 2 aliphatic carbocycles. The van der Waals surface area contributed by atoms with Crippen molar-refractivity contribution in [2.75, 3.05) is 6.54 Å². The van der Waals surface area contributed by atoms with Crippen molar-refractivity contribution in [1.82, 2.24) is 5.32 Å². The molecule has 1 fully saturated rings. The highest BCUT2D eigenvalue weighted by atomic mass is 14.9. The number of hydrogen-bond acceptors (Lipinski definition) is 1. The smallest absolute Gasteiger partial charge is 0.00673 e. The highest BCUT2D eigenvalue weighted by Gasteiger charge is 2.19. The zero-order valence-electron chi connectivity index (χ0n) is 12.2. The molecule has 18 heavy (non-hydrogen) atoms. The molecule has 0 aliphatic heterocycles. The van der Waals surface area contributed by atoms with Crippen LogP contribution in [0.2, 0.25) is 0 Å². The van der Waals surface area contributed by atoms with Gasteiger partial charge in [0, 0.05) is 6.04 Å². The fourth-order valence-electron chi connectivity index (χ4n) is 3.63. The Labute approximate surface area is 113 Å². The highest BCUT2D eigenvalue weighted by molar-refractivity contribution is 5.05. The van der Waals surface area contributed by atoms with Gasteiger partial charge in [0.2, 0.25) is 0 Å². The van der Waals surface area contributed by atoms with Crippen molar-refractivity contribution in [2.24, 2.45) is 5.92 Å². The molecule has 0 radical (unpaired) electrons. The van der Waals surface area contributed by atoms with Gasteiger partial charge in [-0.2, -0.15) is 0 Å². The summed E-state index contributed by atoms with van der Waals surface area (Å²) in [5, 5.41) is 3.79. The van der Waals surface area contributed by atoms with Gasteiger partial charge < -0.3 is 5.32 Å². The average Bonchev–Trinajstić information content (AvgIpc) is 2.42. The maximum Gasteiger partial charge on any atom is 0.00673 e. The van der Waals surface area contributed by atoms with Crippen molar-refractivity contribution >= 4 is 0 Å².